The van der Waals surface area contributed by atoms with Gasteiger partial charge in [-0.3, -0.25) is 0 Å². The van der Waals surface area contributed by atoms with E-state index in [1.807, 2.05) is 0 Å². The maximum atomic E-state index is 4.43. The third-order valence-corrected chi connectivity index (χ3v) is 5.12. The maximum Gasteiger partial charge on any atom is 0.0859 e. The van der Waals surface area contributed by atoms with Gasteiger partial charge in [-0.25, -0.2) is 4.68 Å². The first kappa shape index (κ1) is 13.1. The molecule has 106 valence electrons. The summed E-state index contributed by atoms with van der Waals surface area (Å²) in [6.07, 6.45) is 4.96. The topological polar surface area (TPSA) is 30.7 Å². The summed E-state index contributed by atoms with van der Waals surface area (Å²) < 4.78 is 2.14. The summed E-state index contributed by atoms with van der Waals surface area (Å²) in [4.78, 5) is 0. The number of aromatic nitrogens is 3. The zero-order valence-corrected chi connectivity index (χ0v) is 13.0. The summed E-state index contributed by atoms with van der Waals surface area (Å²) in [6.45, 7) is 11.6. The molecule has 1 aromatic heterocycles. The first-order valence-corrected chi connectivity index (χ1v) is 7.82. The van der Waals surface area contributed by atoms with Crippen molar-refractivity contribution in [2.75, 3.05) is 0 Å². The van der Waals surface area contributed by atoms with Gasteiger partial charge in [-0.1, -0.05) is 26.0 Å². The molecule has 3 atom stereocenters. The van der Waals surface area contributed by atoms with Crippen molar-refractivity contribution < 1.29 is 0 Å². The van der Waals surface area contributed by atoms with Gasteiger partial charge >= 0.3 is 0 Å². The lowest BCUT2D eigenvalue weighted by Gasteiger charge is -2.18. The smallest absolute Gasteiger partial charge is 0.0859 e. The number of rotatable bonds is 1. The summed E-state index contributed by atoms with van der Waals surface area (Å²) in [6, 6.07) is 0.434. The van der Waals surface area contributed by atoms with Crippen molar-refractivity contribution in [1.29, 1.82) is 0 Å². The molecule has 1 fully saturated rings. The molecule has 0 radical (unpaired) electrons. The lowest BCUT2D eigenvalue weighted by atomic mass is 9.87. The van der Waals surface area contributed by atoms with Crippen molar-refractivity contribution in [3.63, 3.8) is 0 Å². The van der Waals surface area contributed by atoms with E-state index in [9.17, 15) is 0 Å². The summed E-state index contributed by atoms with van der Waals surface area (Å²) >= 11 is 0. The SMILES string of the molecule is CC(C)n1nnc2c1CC[C@@H]1C(C(C)(C)C)[C@@H]1CC2. The molecule has 0 aliphatic heterocycles. The molecule has 0 N–H and O–H groups in total. The first-order valence-electron chi connectivity index (χ1n) is 7.82. The minimum atomic E-state index is 0.434. The van der Waals surface area contributed by atoms with Crippen LogP contribution in [0.2, 0.25) is 0 Å². The van der Waals surface area contributed by atoms with Crippen LogP contribution in [0.5, 0.6) is 0 Å². The van der Waals surface area contributed by atoms with Gasteiger partial charge in [-0.05, 0) is 62.7 Å². The number of fused-ring (bicyclic) bond motifs is 2. The quantitative estimate of drug-likeness (QED) is 0.772. The Bertz CT molecular complexity index is 467. The molecule has 0 saturated heterocycles. The fourth-order valence-corrected chi connectivity index (χ4v) is 4.34. The van der Waals surface area contributed by atoms with Gasteiger partial charge in [0.05, 0.1) is 11.4 Å². The summed E-state index contributed by atoms with van der Waals surface area (Å²) in [7, 11) is 0. The second-order valence-corrected chi connectivity index (χ2v) is 7.82. The summed E-state index contributed by atoms with van der Waals surface area (Å²) in [5.74, 6) is 2.82. The second-order valence-electron chi connectivity index (χ2n) is 7.82. The molecule has 2 aliphatic rings. The molecular formula is C16H27N3. The van der Waals surface area contributed by atoms with Gasteiger partial charge in [0.1, 0.15) is 0 Å². The van der Waals surface area contributed by atoms with E-state index in [1.165, 1.54) is 30.7 Å². The van der Waals surface area contributed by atoms with E-state index in [4.69, 9.17) is 0 Å². The molecule has 0 bridgehead atoms. The molecule has 1 heterocycles. The first-order chi connectivity index (χ1) is 8.89. The van der Waals surface area contributed by atoms with E-state index in [-0.39, 0.29) is 0 Å². The molecule has 1 unspecified atom stereocenters. The van der Waals surface area contributed by atoms with Crippen LogP contribution in [0.1, 0.15) is 64.9 Å². The Balaban J connectivity index is 1.79. The van der Waals surface area contributed by atoms with Crippen LogP contribution in [0, 0.1) is 23.2 Å². The highest BCUT2D eigenvalue weighted by atomic mass is 15.4. The average Bonchev–Trinajstić information content (AvgIpc) is 2.82. The zero-order valence-electron chi connectivity index (χ0n) is 13.0. The van der Waals surface area contributed by atoms with Crippen molar-refractivity contribution >= 4 is 0 Å². The van der Waals surface area contributed by atoms with E-state index >= 15 is 0 Å². The molecule has 3 rings (SSSR count). The van der Waals surface area contributed by atoms with Crippen LogP contribution in [0.3, 0.4) is 0 Å². The van der Waals surface area contributed by atoms with Crippen LogP contribution in [-0.4, -0.2) is 15.0 Å². The molecule has 1 saturated carbocycles. The van der Waals surface area contributed by atoms with Gasteiger partial charge in [-0.15, -0.1) is 5.10 Å². The Morgan fingerprint density at radius 3 is 2.32 bits per heavy atom. The van der Waals surface area contributed by atoms with Crippen molar-refractivity contribution in [2.24, 2.45) is 23.2 Å². The van der Waals surface area contributed by atoms with Crippen LogP contribution in [0.4, 0.5) is 0 Å². The Morgan fingerprint density at radius 1 is 1.11 bits per heavy atom. The summed E-state index contributed by atoms with van der Waals surface area (Å²) in [5, 5.41) is 8.79. The largest absolute Gasteiger partial charge is 0.247 e. The van der Waals surface area contributed by atoms with Crippen LogP contribution >= 0.6 is 0 Å². The summed E-state index contributed by atoms with van der Waals surface area (Å²) in [5.41, 5.74) is 3.16. The van der Waals surface area contributed by atoms with Crippen LogP contribution in [-0.2, 0) is 12.8 Å². The van der Waals surface area contributed by atoms with E-state index < -0.39 is 0 Å². The third-order valence-electron chi connectivity index (χ3n) is 5.12. The molecule has 0 amide bonds. The Hall–Kier alpha value is -0.860. The molecule has 19 heavy (non-hydrogen) atoms. The monoisotopic (exact) mass is 261 g/mol. The highest BCUT2D eigenvalue weighted by Gasteiger charge is 2.54. The van der Waals surface area contributed by atoms with Crippen molar-refractivity contribution in [2.45, 2.75) is 66.3 Å². The van der Waals surface area contributed by atoms with Crippen molar-refractivity contribution in [3.8, 4) is 0 Å². The van der Waals surface area contributed by atoms with Gasteiger partial charge < -0.3 is 0 Å². The molecule has 2 aliphatic carbocycles. The highest BCUT2D eigenvalue weighted by molar-refractivity contribution is 5.16. The van der Waals surface area contributed by atoms with E-state index in [2.05, 4.69) is 49.6 Å². The van der Waals surface area contributed by atoms with E-state index in [1.54, 1.807) is 0 Å². The van der Waals surface area contributed by atoms with Gasteiger partial charge in [0.25, 0.3) is 0 Å². The van der Waals surface area contributed by atoms with Crippen LogP contribution < -0.4 is 0 Å². The predicted molar refractivity (Wildman–Crippen MR) is 77.0 cm³/mol. The van der Waals surface area contributed by atoms with Crippen LogP contribution in [0.25, 0.3) is 0 Å². The van der Waals surface area contributed by atoms with Crippen LogP contribution in [0.15, 0.2) is 0 Å². The lowest BCUT2D eigenvalue weighted by Crippen LogP contribution is -2.11. The zero-order chi connectivity index (χ0) is 13.8. The van der Waals surface area contributed by atoms with Gasteiger partial charge in [0.2, 0.25) is 0 Å². The minimum absolute atomic E-state index is 0.434. The Labute approximate surface area is 116 Å². The van der Waals surface area contributed by atoms with Crippen molar-refractivity contribution in [1.82, 2.24) is 15.0 Å². The molecule has 3 nitrogen and oxygen atoms in total. The number of aryl methyl sites for hydroxylation is 1. The number of nitrogens with zero attached hydrogens (tertiary/aromatic N) is 3. The maximum absolute atomic E-state index is 4.43. The van der Waals surface area contributed by atoms with E-state index in [0.29, 0.717) is 11.5 Å². The molecule has 0 spiro atoms. The standard InChI is InChI=1S/C16H27N3/c1-10(2)19-14-9-7-12-11(15(12)16(3,4)5)6-8-13(14)17-18-19/h10-12,15H,6-9H2,1-5H3/t11-,12+,15?/m1/s1. The molecule has 0 aromatic carbocycles. The molecule has 1 aromatic rings. The average molecular weight is 261 g/mol. The third kappa shape index (κ3) is 2.21. The predicted octanol–water partition coefficient (Wildman–Crippen LogP) is 3.65. The molecular weight excluding hydrogens is 234 g/mol. The van der Waals surface area contributed by atoms with Gasteiger partial charge in [-0.2, -0.15) is 0 Å². The highest BCUT2D eigenvalue weighted by Crippen LogP contribution is 2.60. The van der Waals surface area contributed by atoms with E-state index in [0.717, 1.165) is 24.2 Å². The molecule has 3 heteroatoms. The minimum Gasteiger partial charge on any atom is -0.247 e. The normalized spacial score (nSPS) is 30.5. The fraction of sp³-hybridized carbons (Fsp3) is 0.875. The number of hydrogen-bond donors (Lipinski definition) is 0. The lowest BCUT2D eigenvalue weighted by molar-refractivity contribution is 0.312. The second kappa shape index (κ2) is 4.32. The van der Waals surface area contributed by atoms with Gasteiger partial charge in [0.15, 0.2) is 0 Å². The fourth-order valence-electron chi connectivity index (χ4n) is 4.34. The number of hydrogen-bond acceptors (Lipinski definition) is 2. The van der Waals surface area contributed by atoms with Gasteiger partial charge in [0, 0.05) is 6.04 Å². The van der Waals surface area contributed by atoms with Crippen molar-refractivity contribution in [3.05, 3.63) is 11.4 Å². The Morgan fingerprint density at radius 2 is 1.74 bits per heavy atom. The Kier molecular flexibility index (Phi) is 2.99.